The van der Waals surface area contributed by atoms with E-state index in [-0.39, 0.29) is 11.8 Å². The lowest BCUT2D eigenvalue weighted by Gasteiger charge is -2.31. The summed E-state index contributed by atoms with van der Waals surface area (Å²) < 4.78 is 5.95. The molecule has 28 heavy (non-hydrogen) atoms. The SMILES string of the molecule is Cc1cnc(C(=O)N2CCC(c3nccnc3Oc3ccccc3)CC2)cn1. The molecule has 1 amide bonds. The molecular weight excluding hydrogens is 354 g/mol. The van der Waals surface area contributed by atoms with Crippen molar-refractivity contribution in [2.45, 2.75) is 25.7 Å². The minimum absolute atomic E-state index is 0.0779. The van der Waals surface area contributed by atoms with Gasteiger partial charge in [0, 0.05) is 37.6 Å². The summed E-state index contributed by atoms with van der Waals surface area (Å²) in [6.45, 7) is 3.13. The van der Waals surface area contributed by atoms with E-state index in [0.29, 0.717) is 24.7 Å². The van der Waals surface area contributed by atoms with Crippen molar-refractivity contribution >= 4 is 5.91 Å². The first kappa shape index (κ1) is 18.0. The van der Waals surface area contributed by atoms with Crippen molar-refractivity contribution < 1.29 is 9.53 Å². The van der Waals surface area contributed by atoms with E-state index in [1.165, 1.54) is 6.20 Å². The highest BCUT2D eigenvalue weighted by Gasteiger charge is 2.28. The first-order chi connectivity index (χ1) is 13.7. The van der Waals surface area contributed by atoms with Crippen molar-refractivity contribution in [1.29, 1.82) is 0 Å². The van der Waals surface area contributed by atoms with Crippen LogP contribution < -0.4 is 4.74 Å². The second kappa shape index (κ2) is 8.12. The minimum Gasteiger partial charge on any atom is -0.437 e. The summed E-state index contributed by atoms with van der Waals surface area (Å²) in [4.78, 5) is 31.7. The number of hydrogen-bond acceptors (Lipinski definition) is 6. The number of amides is 1. The van der Waals surface area contributed by atoms with Crippen molar-refractivity contribution in [1.82, 2.24) is 24.8 Å². The molecule has 7 heteroatoms. The van der Waals surface area contributed by atoms with Crippen molar-refractivity contribution in [3.8, 4) is 11.6 Å². The Kier molecular flexibility index (Phi) is 5.23. The molecular formula is C21H21N5O2. The van der Waals surface area contributed by atoms with Crippen LogP contribution in [0.15, 0.2) is 55.1 Å². The number of nitrogens with zero attached hydrogens (tertiary/aromatic N) is 5. The molecule has 1 aliphatic rings. The molecule has 4 rings (SSSR count). The van der Waals surface area contributed by atoms with Gasteiger partial charge in [-0.25, -0.2) is 9.97 Å². The Morgan fingerprint density at radius 2 is 1.75 bits per heavy atom. The van der Waals surface area contributed by atoms with E-state index in [1.54, 1.807) is 18.6 Å². The van der Waals surface area contributed by atoms with Gasteiger partial charge in [-0.3, -0.25) is 14.8 Å². The molecule has 0 spiro atoms. The van der Waals surface area contributed by atoms with Gasteiger partial charge in [0.25, 0.3) is 5.91 Å². The summed E-state index contributed by atoms with van der Waals surface area (Å²) in [5, 5.41) is 0. The lowest BCUT2D eigenvalue weighted by atomic mass is 9.93. The largest absolute Gasteiger partial charge is 0.437 e. The molecule has 0 atom stereocenters. The first-order valence-corrected chi connectivity index (χ1v) is 9.32. The number of aryl methyl sites for hydroxylation is 1. The topological polar surface area (TPSA) is 81.1 Å². The summed E-state index contributed by atoms with van der Waals surface area (Å²) in [5.41, 5.74) is 2.02. The summed E-state index contributed by atoms with van der Waals surface area (Å²) in [6, 6.07) is 9.56. The van der Waals surface area contributed by atoms with Crippen LogP contribution in [0.3, 0.4) is 0 Å². The van der Waals surface area contributed by atoms with E-state index in [4.69, 9.17) is 4.74 Å². The van der Waals surface area contributed by atoms with Gasteiger partial charge in [-0.2, -0.15) is 0 Å². The third kappa shape index (κ3) is 3.98. The molecule has 0 aliphatic carbocycles. The van der Waals surface area contributed by atoms with Crippen LogP contribution in [0.4, 0.5) is 0 Å². The highest BCUT2D eigenvalue weighted by molar-refractivity contribution is 5.92. The van der Waals surface area contributed by atoms with Crippen molar-refractivity contribution in [3.05, 3.63) is 72.2 Å². The van der Waals surface area contributed by atoms with Crippen LogP contribution in [0.1, 0.15) is 40.6 Å². The Labute approximate surface area is 163 Å². The van der Waals surface area contributed by atoms with E-state index in [0.717, 1.165) is 30.0 Å². The first-order valence-electron chi connectivity index (χ1n) is 9.32. The molecule has 0 unspecified atom stereocenters. The van der Waals surface area contributed by atoms with Gasteiger partial charge in [0.2, 0.25) is 5.88 Å². The standard InChI is InChI=1S/C21H21N5O2/c1-15-13-25-18(14-24-15)21(27)26-11-7-16(8-12-26)19-20(23-10-9-22-19)28-17-5-3-2-4-6-17/h2-6,9-10,13-14,16H,7-8,11-12H2,1H3. The molecule has 0 radical (unpaired) electrons. The fraction of sp³-hybridized carbons (Fsp3) is 0.286. The fourth-order valence-electron chi connectivity index (χ4n) is 3.32. The van der Waals surface area contributed by atoms with Crippen LogP contribution in [-0.4, -0.2) is 43.8 Å². The quantitative estimate of drug-likeness (QED) is 0.695. The van der Waals surface area contributed by atoms with Crippen LogP contribution in [-0.2, 0) is 0 Å². The number of piperidine rings is 1. The van der Waals surface area contributed by atoms with Crippen molar-refractivity contribution in [2.75, 3.05) is 13.1 Å². The zero-order valence-corrected chi connectivity index (χ0v) is 15.7. The van der Waals surface area contributed by atoms with E-state index in [1.807, 2.05) is 42.2 Å². The number of carbonyl (C=O) groups excluding carboxylic acids is 1. The molecule has 7 nitrogen and oxygen atoms in total. The van der Waals surface area contributed by atoms with Gasteiger partial charge in [0.1, 0.15) is 17.1 Å². The van der Waals surface area contributed by atoms with Crippen LogP contribution in [0, 0.1) is 6.92 Å². The van der Waals surface area contributed by atoms with Crippen LogP contribution in [0.2, 0.25) is 0 Å². The Bertz CT molecular complexity index is 939. The molecule has 2 aromatic heterocycles. The number of rotatable bonds is 4. The van der Waals surface area contributed by atoms with Crippen LogP contribution in [0.5, 0.6) is 11.6 Å². The third-order valence-electron chi connectivity index (χ3n) is 4.82. The molecule has 142 valence electrons. The number of likely N-dealkylation sites (tertiary alicyclic amines) is 1. The zero-order valence-electron chi connectivity index (χ0n) is 15.7. The molecule has 3 heterocycles. The number of benzene rings is 1. The van der Waals surface area contributed by atoms with Gasteiger partial charge >= 0.3 is 0 Å². The smallest absolute Gasteiger partial charge is 0.274 e. The van der Waals surface area contributed by atoms with Gasteiger partial charge in [-0.15, -0.1) is 0 Å². The molecule has 1 aromatic carbocycles. The average Bonchev–Trinajstić information content (AvgIpc) is 2.75. The van der Waals surface area contributed by atoms with Crippen molar-refractivity contribution in [3.63, 3.8) is 0 Å². The van der Waals surface area contributed by atoms with Crippen molar-refractivity contribution in [2.24, 2.45) is 0 Å². The van der Waals surface area contributed by atoms with Gasteiger partial charge < -0.3 is 9.64 Å². The van der Waals surface area contributed by atoms with Crippen LogP contribution >= 0.6 is 0 Å². The maximum absolute atomic E-state index is 12.6. The number of ether oxygens (including phenoxy) is 1. The Morgan fingerprint density at radius 3 is 2.46 bits per heavy atom. The van der Waals surface area contributed by atoms with Gasteiger partial charge in [0.15, 0.2) is 0 Å². The third-order valence-corrected chi connectivity index (χ3v) is 4.82. The summed E-state index contributed by atoms with van der Waals surface area (Å²) in [6.07, 6.45) is 8.08. The molecule has 1 saturated heterocycles. The zero-order chi connectivity index (χ0) is 19.3. The second-order valence-electron chi connectivity index (χ2n) is 6.77. The molecule has 1 aliphatic heterocycles. The maximum atomic E-state index is 12.6. The molecule has 0 saturated carbocycles. The highest BCUT2D eigenvalue weighted by atomic mass is 16.5. The summed E-state index contributed by atoms with van der Waals surface area (Å²) in [7, 11) is 0. The number of para-hydroxylation sites is 1. The van der Waals surface area contributed by atoms with Gasteiger partial charge in [-0.05, 0) is 31.9 Å². The Balaban J connectivity index is 1.44. The average molecular weight is 375 g/mol. The van der Waals surface area contributed by atoms with E-state index in [9.17, 15) is 4.79 Å². The normalized spacial score (nSPS) is 14.7. The summed E-state index contributed by atoms with van der Waals surface area (Å²) >= 11 is 0. The monoisotopic (exact) mass is 375 g/mol. The molecule has 3 aromatic rings. The van der Waals surface area contributed by atoms with E-state index in [2.05, 4.69) is 19.9 Å². The van der Waals surface area contributed by atoms with Gasteiger partial charge in [-0.1, -0.05) is 18.2 Å². The lowest BCUT2D eigenvalue weighted by Crippen LogP contribution is -2.38. The van der Waals surface area contributed by atoms with Gasteiger partial charge in [0.05, 0.1) is 11.9 Å². The number of hydrogen-bond donors (Lipinski definition) is 0. The van der Waals surface area contributed by atoms with E-state index < -0.39 is 0 Å². The summed E-state index contributed by atoms with van der Waals surface area (Å²) in [5.74, 6) is 1.38. The molecule has 0 bridgehead atoms. The predicted molar refractivity (Wildman–Crippen MR) is 103 cm³/mol. The second-order valence-corrected chi connectivity index (χ2v) is 6.77. The molecule has 1 fully saturated rings. The maximum Gasteiger partial charge on any atom is 0.274 e. The number of aromatic nitrogens is 4. The van der Waals surface area contributed by atoms with Crippen LogP contribution in [0.25, 0.3) is 0 Å². The lowest BCUT2D eigenvalue weighted by molar-refractivity contribution is 0.0705. The molecule has 0 N–H and O–H groups in total. The number of carbonyl (C=O) groups is 1. The predicted octanol–water partition coefficient (Wildman–Crippen LogP) is 3.39. The van der Waals surface area contributed by atoms with E-state index >= 15 is 0 Å². The Morgan fingerprint density at radius 1 is 1.00 bits per heavy atom. The fourth-order valence-corrected chi connectivity index (χ4v) is 3.32. The Hall–Kier alpha value is -3.35. The highest BCUT2D eigenvalue weighted by Crippen LogP contribution is 2.33. The minimum atomic E-state index is -0.0779.